The molecule has 7 nitrogen and oxygen atoms in total. The minimum absolute atomic E-state index is 0.143. The minimum atomic E-state index is -0.279. The highest BCUT2D eigenvalue weighted by Gasteiger charge is 2.12. The van der Waals surface area contributed by atoms with Crippen molar-refractivity contribution in [3.8, 4) is 34.3 Å². The van der Waals surface area contributed by atoms with Gasteiger partial charge in [-0.3, -0.25) is 4.79 Å². The third-order valence-electron chi connectivity index (χ3n) is 4.33. The molecule has 1 N–H and O–H groups in total. The minimum Gasteiger partial charge on any atom is -0.497 e. The molecular formula is C23H18ClN3O4. The highest BCUT2D eigenvalue weighted by molar-refractivity contribution is 6.30. The second kappa shape index (κ2) is 9.32. The van der Waals surface area contributed by atoms with E-state index in [0.29, 0.717) is 39.5 Å². The van der Waals surface area contributed by atoms with Gasteiger partial charge in [-0.1, -0.05) is 35.0 Å². The van der Waals surface area contributed by atoms with Gasteiger partial charge in [-0.2, -0.15) is 4.98 Å². The van der Waals surface area contributed by atoms with E-state index in [0.717, 1.165) is 5.56 Å². The smallest absolute Gasteiger partial charge is 0.262 e. The quantitative estimate of drug-likeness (QED) is 0.435. The standard InChI is InChI=1S/C23H18ClN3O4/c1-29-19-10-8-18(9-11-19)25-21(28)14-30-20-7-3-4-15(13-20)22-26-23(31-27-22)16-5-2-6-17(24)12-16/h2-13H,14H2,1H3,(H,25,28). The average Bonchev–Trinajstić information content (AvgIpc) is 3.29. The van der Waals surface area contributed by atoms with E-state index in [-0.39, 0.29) is 12.5 Å². The summed E-state index contributed by atoms with van der Waals surface area (Å²) in [6.45, 7) is -0.143. The molecule has 3 aromatic carbocycles. The summed E-state index contributed by atoms with van der Waals surface area (Å²) in [5.74, 6) is 1.71. The summed E-state index contributed by atoms with van der Waals surface area (Å²) in [6, 6.07) is 21.3. The lowest BCUT2D eigenvalue weighted by molar-refractivity contribution is -0.118. The van der Waals surface area contributed by atoms with Crippen molar-refractivity contribution in [1.82, 2.24) is 10.1 Å². The number of nitrogens with one attached hydrogen (secondary N) is 1. The van der Waals surface area contributed by atoms with Gasteiger partial charge < -0.3 is 19.3 Å². The van der Waals surface area contributed by atoms with Gasteiger partial charge in [0.1, 0.15) is 11.5 Å². The Hall–Kier alpha value is -3.84. The third-order valence-corrected chi connectivity index (χ3v) is 4.57. The summed E-state index contributed by atoms with van der Waals surface area (Å²) in [5.41, 5.74) is 2.09. The number of ether oxygens (including phenoxy) is 2. The highest BCUT2D eigenvalue weighted by Crippen LogP contribution is 2.26. The van der Waals surface area contributed by atoms with Crippen molar-refractivity contribution in [2.45, 2.75) is 0 Å². The second-order valence-electron chi connectivity index (χ2n) is 6.53. The Morgan fingerprint density at radius 1 is 1.00 bits per heavy atom. The number of amides is 1. The zero-order chi connectivity index (χ0) is 21.6. The number of anilines is 1. The number of carbonyl (C=O) groups is 1. The molecule has 156 valence electrons. The molecule has 1 aromatic heterocycles. The maximum atomic E-state index is 12.2. The van der Waals surface area contributed by atoms with Gasteiger partial charge in [0.15, 0.2) is 6.61 Å². The van der Waals surface area contributed by atoms with Crippen LogP contribution in [0.5, 0.6) is 11.5 Å². The van der Waals surface area contributed by atoms with Crippen molar-refractivity contribution in [2.24, 2.45) is 0 Å². The lowest BCUT2D eigenvalue weighted by Gasteiger charge is -2.08. The van der Waals surface area contributed by atoms with Crippen LogP contribution in [0.2, 0.25) is 5.02 Å². The van der Waals surface area contributed by atoms with Crippen LogP contribution in [0.4, 0.5) is 5.69 Å². The van der Waals surface area contributed by atoms with Crippen LogP contribution < -0.4 is 14.8 Å². The van der Waals surface area contributed by atoms with Gasteiger partial charge in [0.05, 0.1) is 7.11 Å². The normalized spacial score (nSPS) is 10.5. The van der Waals surface area contributed by atoms with Gasteiger partial charge in [-0.25, -0.2) is 0 Å². The maximum Gasteiger partial charge on any atom is 0.262 e. The topological polar surface area (TPSA) is 86.5 Å². The Kier molecular flexibility index (Phi) is 6.14. The summed E-state index contributed by atoms with van der Waals surface area (Å²) in [7, 11) is 1.59. The van der Waals surface area contributed by atoms with Crippen molar-refractivity contribution in [1.29, 1.82) is 0 Å². The first-order valence-corrected chi connectivity index (χ1v) is 9.75. The lowest BCUT2D eigenvalue weighted by atomic mass is 10.2. The molecule has 4 rings (SSSR count). The number of aromatic nitrogens is 2. The van der Waals surface area contributed by atoms with Gasteiger partial charge >= 0.3 is 0 Å². The molecule has 0 atom stereocenters. The lowest BCUT2D eigenvalue weighted by Crippen LogP contribution is -2.20. The second-order valence-corrected chi connectivity index (χ2v) is 6.96. The largest absolute Gasteiger partial charge is 0.497 e. The fourth-order valence-corrected chi connectivity index (χ4v) is 3.02. The van der Waals surface area contributed by atoms with Crippen LogP contribution in [-0.4, -0.2) is 29.8 Å². The van der Waals surface area contributed by atoms with Gasteiger partial charge in [-0.05, 0) is 54.6 Å². The number of halogens is 1. The summed E-state index contributed by atoms with van der Waals surface area (Å²) in [6.07, 6.45) is 0. The molecule has 4 aromatic rings. The zero-order valence-electron chi connectivity index (χ0n) is 16.5. The summed E-state index contributed by atoms with van der Waals surface area (Å²) in [5, 5.41) is 7.37. The van der Waals surface area contributed by atoms with E-state index in [1.165, 1.54) is 0 Å². The molecule has 0 aliphatic heterocycles. The number of hydrogen-bond acceptors (Lipinski definition) is 6. The Morgan fingerprint density at radius 2 is 1.77 bits per heavy atom. The first-order valence-electron chi connectivity index (χ1n) is 9.37. The third kappa shape index (κ3) is 5.21. The van der Waals surface area contributed by atoms with Crippen LogP contribution in [0.25, 0.3) is 22.8 Å². The van der Waals surface area contributed by atoms with Crippen LogP contribution in [-0.2, 0) is 4.79 Å². The van der Waals surface area contributed by atoms with E-state index >= 15 is 0 Å². The summed E-state index contributed by atoms with van der Waals surface area (Å²) < 4.78 is 16.1. The van der Waals surface area contributed by atoms with Crippen molar-refractivity contribution in [3.05, 3.63) is 77.8 Å². The SMILES string of the molecule is COc1ccc(NC(=O)COc2cccc(-c3noc(-c4cccc(Cl)c4)n3)c2)cc1. The molecule has 0 saturated heterocycles. The highest BCUT2D eigenvalue weighted by atomic mass is 35.5. The molecule has 0 radical (unpaired) electrons. The van der Waals surface area contributed by atoms with E-state index in [4.69, 9.17) is 25.6 Å². The van der Waals surface area contributed by atoms with Gasteiger partial charge in [0.2, 0.25) is 5.82 Å². The molecule has 1 amide bonds. The number of hydrogen-bond donors (Lipinski definition) is 1. The van der Waals surface area contributed by atoms with Gasteiger partial charge in [0, 0.05) is 21.8 Å². The summed E-state index contributed by atoms with van der Waals surface area (Å²) >= 11 is 6.02. The number of carbonyl (C=O) groups excluding carboxylic acids is 1. The molecule has 0 unspecified atom stereocenters. The van der Waals surface area contributed by atoms with Crippen LogP contribution in [0.15, 0.2) is 77.3 Å². The fourth-order valence-electron chi connectivity index (χ4n) is 2.82. The molecule has 0 saturated carbocycles. The van der Waals surface area contributed by atoms with Gasteiger partial charge in [0.25, 0.3) is 11.8 Å². The molecule has 0 aliphatic carbocycles. The Balaban J connectivity index is 1.40. The zero-order valence-corrected chi connectivity index (χ0v) is 17.3. The van der Waals surface area contributed by atoms with Crippen LogP contribution in [0, 0.1) is 0 Å². The van der Waals surface area contributed by atoms with E-state index < -0.39 is 0 Å². The number of nitrogens with zero attached hydrogens (tertiary/aromatic N) is 2. The van der Waals surface area contributed by atoms with E-state index in [2.05, 4.69) is 15.5 Å². The van der Waals surface area contributed by atoms with Crippen molar-refractivity contribution >= 4 is 23.2 Å². The van der Waals surface area contributed by atoms with E-state index in [1.54, 1.807) is 61.7 Å². The first-order chi connectivity index (χ1) is 15.1. The molecule has 1 heterocycles. The van der Waals surface area contributed by atoms with Crippen LogP contribution >= 0.6 is 11.6 Å². The molecular weight excluding hydrogens is 418 g/mol. The number of methoxy groups -OCH3 is 1. The van der Waals surface area contributed by atoms with Crippen molar-refractivity contribution in [3.63, 3.8) is 0 Å². The average molecular weight is 436 g/mol. The van der Waals surface area contributed by atoms with Crippen LogP contribution in [0.1, 0.15) is 0 Å². The summed E-state index contributed by atoms with van der Waals surface area (Å²) in [4.78, 5) is 16.6. The predicted octanol–water partition coefficient (Wildman–Crippen LogP) is 5.08. The Labute approximate surface area is 183 Å². The van der Waals surface area contributed by atoms with Crippen molar-refractivity contribution in [2.75, 3.05) is 19.0 Å². The molecule has 31 heavy (non-hydrogen) atoms. The predicted molar refractivity (Wildman–Crippen MR) is 117 cm³/mol. The Morgan fingerprint density at radius 3 is 2.55 bits per heavy atom. The van der Waals surface area contributed by atoms with Gasteiger partial charge in [-0.15, -0.1) is 0 Å². The number of rotatable bonds is 7. The molecule has 0 bridgehead atoms. The van der Waals surface area contributed by atoms with Crippen molar-refractivity contribution < 1.29 is 18.8 Å². The fraction of sp³-hybridized carbons (Fsp3) is 0.0870. The number of benzene rings is 3. The van der Waals surface area contributed by atoms with E-state index in [9.17, 15) is 4.79 Å². The Bertz CT molecular complexity index is 1190. The van der Waals surface area contributed by atoms with E-state index in [1.807, 2.05) is 18.2 Å². The molecule has 0 spiro atoms. The molecule has 0 aliphatic rings. The molecule has 0 fully saturated rings. The first kappa shape index (κ1) is 20.4. The van der Waals surface area contributed by atoms with Crippen LogP contribution in [0.3, 0.4) is 0 Å². The maximum absolute atomic E-state index is 12.2. The monoisotopic (exact) mass is 435 g/mol. The molecule has 8 heteroatoms.